The summed E-state index contributed by atoms with van der Waals surface area (Å²) < 4.78 is 0. The van der Waals surface area contributed by atoms with E-state index in [9.17, 15) is 9.59 Å². The van der Waals surface area contributed by atoms with E-state index in [2.05, 4.69) is 4.90 Å². The van der Waals surface area contributed by atoms with Gasteiger partial charge in [0.2, 0.25) is 5.91 Å². The quantitative estimate of drug-likeness (QED) is 0.433. The van der Waals surface area contributed by atoms with Crippen molar-refractivity contribution < 1.29 is 9.59 Å². The Morgan fingerprint density at radius 3 is 2.31 bits per heavy atom. The van der Waals surface area contributed by atoms with Gasteiger partial charge in [-0.25, -0.2) is 0 Å². The Morgan fingerprint density at radius 2 is 1.85 bits per heavy atom. The lowest BCUT2D eigenvalue weighted by Crippen LogP contribution is -2.48. The van der Waals surface area contributed by atoms with E-state index in [-0.39, 0.29) is 5.91 Å². The topological polar surface area (TPSA) is 40.6 Å². The van der Waals surface area contributed by atoms with Crippen LogP contribution in [0, 0.1) is 5.92 Å². The predicted molar refractivity (Wildman–Crippen MR) is 49.3 cm³/mol. The molecule has 0 spiro atoms. The van der Waals surface area contributed by atoms with Crippen LogP contribution in [0.25, 0.3) is 0 Å². The van der Waals surface area contributed by atoms with Gasteiger partial charge in [0, 0.05) is 26.2 Å². The third kappa shape index (κ3) is 2.52. The van der Waals surface area contributed by atoms with Crippen LogP contribution in [0.3, 0.4) is 0 Å². The number of likely N-dealkylation sites (N-methyl/N-ethyl adjacent to an activating group) is 1. The number of aldehydes is 1. The first kappa shape index (κ1) is 10.2. The first-order valence-corrected chi connectivity index (χ1v) is 4.57. The summed E-state index contributed by atoms with van der Waals surface area (Å²) in [6.07, 6.45) is 0.709. The van der Waals surface area contributed by atoms with Crippen molar-refractivity contribution >= 4 is 12.2 Å². The highest BCUT2D eigenvalue weighted by Gasteiger charge is 2.22. The number of hydrogen-bond acceptors (Lipinski definition) is 3. The average Bonchev–Trinajstić information content (AvgIpc) is 2.17. The Bertz CT molecular complexity index is 198. The van der Waals surface area contributed by atoms with E-state index in [1.165, 1.54) is 0 Å². The highest BCUT2D eigenvalue weighted by molar-refractivity contribution is 5.91. The predicted octanol–water partition coefficient (Wildman–Crippen LogP) is -0.405. The lowest BCUT2D eigenvalue weighted by Gasteiger charge is -2.33. The number of nitrogens with zero attached hydrogens (tertiary/aromatic N) is 2. The number of amides is 1. The molecule has 1 amide bonds. The van der Waals surface area contributed by atoms with Crippen molar-refractivity contribution in [1.82, 2.24) is 9.80 Å². The van der Waals surface area contributed by atoms with E-state index in [1.807, 2.05) is 7.05 Å². The largest absolute Gasteiger partial charge is 0.340 e. The van der Waals surface area contributed by atoms with Crippen LogP contribution < -0.4 is 0 Å². The molecule has 1 rings (SSSR count). The van der Waals surface area contributed by atoms with E-state index >= 15 is 0 Å². The Morgan fingerprint density at radius 1 is 1.31 bits per heavy atom. The molecule has 0 radical (unpaired) electrons. The number of carbonyl (C=O) groups excluding carboxylic acids is 2. The summed E-state index contributed by atoms with van der Waals surface area (Å²) in [5.74, 6) is -0.522. The Balaban J connectivity index is 2.44. The van der Waals surface area contributed by atoms with Gasteiger partial charge in [-0.3, -0.25) is 4.79 Å². The molecule has 4 heteroatoms. The van der Waals surface area contributed by atoms with Crippen LogP contribution in [0.15, 0.2) is 0 Å². The zero-order valence-corrected chi connectivity index (χ0v) is 8.19. The van der Waals surface area contributed by atoms with E-state index < -0.39 is 5.92 Å². The van der Waals surface area contributed by atoms with Gasteiger partial charge in [-0.05, 0) is 14.0 Å². The molecule has 1 unspecified atom stereocenters. The minimum Gasteiger partial charge on any atom is -0.340 e. The maximum absolute atomic E-state index is 11.5. The standard InChI is InChI=1S/C9H16N2O2/c1-8(7-12)9(13)11-5-3-10(2)4-6-11/h7-8H,3-6H2,1-2H3. The minimum atomic E-state index is -0.483. The van der Waals surface area contributed by atoms with Gasteiger partial charge in [-0.2, -0.15) is 0 Å². The third-order valence-corrected chi connectivity index (χ3v) is 2.41. The molecule has 0 aliphatic carbocycles. The summed E-state index contributed by atoms with van der Waals surface area (Å²) in [5, 5.41) is 0. The molecular formula is C9H16N2O2. The molecule has 13 heavy (non-hydrogen) atoms. The lowest BCUT2D eigenvalue weighted by atomic mass is 10.1. The molecule has 4 nitrogen and oxygen atoms in total. The van der Waals surface area contributed by atoms with Crippen molar-refractivity contribution in [2.45, 2.75) is 6.92 Å². The Labute approximate surface area is 78.5 Å². The lowest BCUT2D eigenvalue weighted by molar-refractivity contribution is -0.138. The van der Waals surface area contributed by atoms with Gasteiger partial charge in [0.1, 0.15) is 6.29 Å². The van der Waals surface area contributed by atoms with Crippen LogP contribution in [0.2, 0.25) is 0 Å². The average molecular weight is 184 g/mol. The molecule has 0 bridgehead atoms. The van der Waals surface area contributed by atoms with Gasteiger partial charge in [0.25, 0.3) is 0 Å². The van der Waals surface area contributed by atoms with Crippen LogP contribution in [-0.2, 0) is 9.59 Å². The molecule has 1 aliphatic rings. The zero-order valence-electron chi connectivity index (χ0n) is 8.19. The number of rotatable bonds is 2. The summed E-state index contributed by atoms with van der Waals surface area (Å²) in [6.45, 7) is 4.93. The highest BCUT2D eigenvalue weighted by Crippen LogP contribution is 2.04. The van der Waals surface area contributed by atoms with Crippen LogP contribution in [0.5, 0.6) is 0 Å². The second kappa shape index (κ2) is 4.37. The number of piperazine rings is 1. The van der Waals surface area contributed by atoms with Crippen molar-refractivity contribution in [3.8, 4) is 0 Å². The molecule has 1 aliphatic heterocycles. The van der Waals surface area contributed by atoms with Crippen LogP contribution in [0.4, 0.5) is 0 Å². The van der Waals surface area contributed by atoms with Gasteiger partial charge >= 0.3 is 0 Å². The molecule has 1 atom stereocenters. The smallest absolute Gasteiger partial charge is 0.232 e. The number of carbonyl (C=O) groups is 2. The summed E-state index contributed by atoms with van der Waals surface area (Å²) >= 11 is 0. The Kier molecular flexibility index (Phi) is 3.42. The summed E-state index contributed by atoms with van der Waals surface area (Å²) in [7, 11) is 2.03. The van der Waals surface area contributed by atoms with E-state index in [1.54, 1.807) is 11.8 Å². The van der Waals surface area contributed by atoms with E-state index in [4.69, 9.17) is 0 Å². The Hall–Kier alpha value is -0.900. The third-order valence-electron chi connectivity index (χ3n) is 2.41. The monoisotopic (exact) mass is 184 g/mol. The van der Waals surface area contributed by atoms with Crippen molar-refractivity contribution in [2.24, 2.45) is 5.92 Å². The molecule has 1 fully saturated rings. The SMILES string of the molecule is CC(C=O)C(=O)N1CCN(C)CC1. The number of hydrogen-bond donors (Lipinski definition) is 0. The van der Waals surface area contributed by atoms with Crippen molar-refractivity contribution in [3.63, 3.8) is 0 Å². The molecule has 74 valence electrons. The first-order valence-electron chi connectivity index (χ1n) is 4.57. The highest BCUT2D eigenvalue weighted by atomic mass is 16.2. The molecule has 0 saturated carbocycles. The van der Waals surface area contributed by atoms with Gasteiger partial charge in [0.15, 0.2) is 0 Å². The second-order valence-corrected chi connectivity index (χ2v) is 3.55. The van der Waals surface area contributed by atoms with E-state index in [0.717, 1.165) is 26.2 Å². The molecule has 0 N–H and O–H groups in total. The summed E-state index contributed by atoms with van der Waals surface area (Å²) in [4.78, 5) is 25.8. The van der Waals surface area contributed by atoms with E-state index in [0.29, 0.717) is 6.29 Å². The van der Waals surface area contributed by atoms with Gasteiger partial charge in [-0.1, -0.05) is 0 Å². The van der Waals surface area contributed by atoms with Crippen LogP contribution >= 0.6 is 0 Å². The van der Waals surface area contributed by atoms with Crippen LogP contribution in [-0.4, -0.2) is 55.2 Å². The summed E-state index contributed by atoms with van der Waals surface area (Å²) in [6, 6.07) is 0. The van der Waals surface area contributed by atoms with Crippen molar-refractivity contribution in [3.05, 3.63) is 0 Å². The fraction of sp³-hybridized carbons (Fsp3) is 0.778. The fourth-order valence-electron chi connectivity index (χ4n) is 1.37. The zero-order chi connectivity index (χ0) is 9.84. The van der Waals surface area contributed by atoms with Crippen molar-refractivity contribution in [1.29, 1.82) is 0 Å². The summed E-state index contributed by atoms with van der Waals surface area (Å²) in [5.41, 5.74) is 0. The normalized spacial score (nSPS) is 21.2. The molecule has 0 aromatic carbocycles. The fourth-order valence-corrected chi connectivity index (χ4v) is 1.37. The maximum atomic E-state index is 11.5. The minimum absolute atomic E-state index is 0.0388. The van der Waals surface area contributed by atoms with Crippen LogP contribution in [0.1, 0.15) is 6.92 Å². The molecule has 0 aromatic heterocycles. The molecule has 1 saturated heterocycles. The van der Waals surface area contributed by atoms with Gasteiger partial charge in [-0.15, -0.1) is 0 Å². The first-order chi connectivity index (χ1) is 6.15. The maximum Gasteiger partial charge on any atom is 0.232 e. The van der Waals surface area contributed by atoms with Gasteiger partial charge in [0.05, 0.1) is 5.92 Å². The molecule has 1 heterocycles. The molecule has 0 aromatic rings. The van der Waals surface area contributed by atoms with Crippen molar-refractivity contribution in [2.75, 3.05) is 33.2 Å². The molecular weight excluding hydrogens is 168 g/mol. The van der Waals surface area contributed by atoms with Gasteiger partial charge < -0.3 is 14.6 Å². The second-order valence-electron chi connectivity index (χ2n) is 3.55.